The van der Waals surface area contributed by atoms with Crippen LogP contribution in [0.4, 0.5) is 0 Å². The molecule has 234 valence electrons. The van der Waals surface area contributed by atoms with E-state index in [1.807, 2.05) is 12.3 Å². The molecule has 0 spiro atoms. The van der Waals surface area contributed by atoms with Gasteiger partial charge < -0.3 is 8.98 Å². The van der Waals surface area contributed by atoms with Crippen LogP contribution in [0.25, 0.3) is 93.9 Å². The lowest BCUT2D eigenvalue weighted by Crippen LogP contribution is -1.92. The molecule has 0 saturated carbocycles. The highest BCUT2D eigenvalue weighted by molar-refractivity contribution is 6.10. The third-order valence-corrected chi connectivity index (χ3v) is 9.88. The molecule has 10 aromatic rings. The van der Waals surface area contributed by atoms with E-state index in [-0.39, 0.29) is 0 Å². The predicted octanol–water partition coefficient (Wildman–Crippen LogP) is 12.7. The molecule has 0 aliphatic heterocycles. The zero-order valence-corrected chi connectivity index (χ0v) is 27.1. The molecule has 3 heterocycles. The van der Waals surface area contributed by atoms with Crippen molar-refractivity contribution in [3.05, 3.63) is 182 Å². The number of rotatable bonds is 5. The van der Waals surface area contributed by atoms with Crippen molar-refractivity contribution < 1.29 is 4.42 Å². The number of benzene rings is 7. The van der Waals surface area contributed by atoms with Crippen molar-refractivity contribution in [2.45, 2.75) is 0 Å². The van der Waals surface area contributed by atoms with Crippen molar-refractivity contribution in [1.29, 1.82) is 0 Å². The van der Waals surface area contributed by atoms with Crippen molar-refractivity contribution in [2.24, 2.45) is 0 Å². The van der Waals surface area contributed by atoms with Gasteiger partial charge in [-0.3, -0.25) is 4.98 Å². The van der Waals surface area contributed by atoms with E-state index in [1.54, 1.807) is 6.20 Å². The summed E-state index contributed by atoms with van der Waals surface area (Å²) in [6, 6.07) is 61.2. The highest BCUT2D eigenvalue weighted by Crippen LogP contribution is 2.37. The summed E-state index contributed by atoms with van der Waals surface area (Å²) in [6.45, 7) is 0. The third-order valence-electron chi connectivity index (χ3n) is 9.88. The van der Waals surface area contributed by atoms with E-state index < -0.39 is 0 Å². The molecule has 3 aromatic heterocycles. The third kappa shape index (κ3) is 4.71. The van der Waals surface area contributed by atoms with E-state index in [4.69, 9.17) is 4.42 Å². The molecule has 0 fully saturated rings. The zero-order valence-electron chi connectivity index (χ0n) is 27.1. The number of para-hydroxylation sites is 2. The second kappa shape index (κ2) is 11.5. The number of furan rings is 1. The molecule has 0 saturated heterocycles. The van der Waals surface area contributed by atoms with Crippen molar-refractivity contribution in [1.82, 2.24) is 9.55 Å². The first kappa shape index (κ1) is 28.3. The summed E-state index contributed by atoms with van der Waals surface area (Å²) < 4.78 is 8.38. The zero-order chi connectivity index (χ0) is 33.0. The minimum Gasteiger partial charge on any atom is -0.454 e. The van der Waals surface area contributed by atoms with Crippen LogP contribution < -0.4 is 0 Å². The Morgan fingerprint density at radius 2 is 0.900 bits per heavy atom. The Kier molecular flexibility index (Phi) is 6.49. The fourth-order valence-corrected chi connectivity index (χ4v) is 7.45. The Morgan fingerprint density at radius 3 is 1.56 bits per heavy atom. The molecule has 50 heavy (non-hydrogen) atoms. The van der Waals surface area contributed by atoms with Crippen LogP contribution in [-0.2, 0) is 0 Å². The molecule has 0 aliphatic rings. The Bertz CT molecular complexity index is 2880. The van der Waals surface area contributed by atoms with Crippen LogP contribution >= 0.6 is 0 Å². The lowest BCUT2D eigenvalue weighted by atomic mass is 9.94. The van der Waals surface area contributed by atoms with Gasteiger partial charge in [0.05, 0.1) is 17.2 Å². The molecular weight excluding hydrogens is 609 g/mol. The van der Waals surface area contributed by atoms with Crippen molar-refractivity contribution in [3.8, 4) is 50.2 Å². The van der Waals surface area contributed by atoms with Gasteiger partial charge in [-0.25, -0.2) is 0 Å². The number of fused-ring (bicyclic) bond motifs is 6. The van der Waals surface area contributed by atoms with Gasteiger partial charge in [0.15, 0.2) is 5.58 Å². The van der Waals surface area contributed by atoms with Crippen LogP contribution in [0.2, 0.25) is 0 Å². The maximum atomic E-state index is 6.02. The first-order valence-electron chi connectivity index (χ1n) is 16.9. The topological polar surface area (TPSA) is 31.0 Å². The summed E-state index contributed by atoms with van der Waals surface area (Å²) in [5.41, 5.74) is 14.8. The standard InChI is InChI=1S/C47H30N2O/c1-2-15-39(16-3-1)49-44-18-5-4-17-40(44)42-28-37(19-21-45(42)49)35-13-7-11-33(26-35)31-9-6-10-32(25-31)34-12-8-14-36(27-34)38-20-22-46-43(29-38)41-23-24-48-30-47(41)50-46/h1-30H. The summed E-state index contributed by atoms with van der Waals surface area (Å²) in [5, 5.41) is 4.70. The first-order valence-corrected chi connectivity index (χ1v) is 16.9. The lowest BCUT2D eigenvalue weighted by molar-refractivity contribution is 0.667. The molecular formula is C47H30N2O. The summed E-state index contributed by atoms with van der Waals surface area (Å²) >= 11 is 0. The van der Waals surface area contributed by atoms with Gasteiger partial charge in [-0.15, -0.1) is 0 Å². The van der Waals surface area contributed by atoms with Crippen molar-refractivity contribution in [3.63, 3.8) is 0 Å². The minimum atomic E-state index is 0.811. The molecule has 0 amide bonds. The fourth-order valence-electron chi connectivity index (χ4n) is 7.45. The normalized spacial score (nSPS) is 11.6. The number of nitrogens with zero attached hydrogens (tertiary/aromatic N) is 2. The molecule has 0 radical (unpaired) electrons. The molecule has 3 nitrogen and oxygen atoms in total. The Balaban J connectivity index is 1.01. The molecule has 7 aromatic carbocycles. The Labute approximate surface area is 289 Å². The summed E-state index contributed by atoms with van der Waals surface area (Å²) in [4.78, 5) is 4.22. The van der Waals surface area contributed by atoms with Gasteiger partial charge in [0.25, 0.3) is 0 Å². The first-order chi connectivity index (χ1) is 24.8. The van der Waals surface area contributed by atoms with Gasteiger partial charge in [-0.05, 0) is 111 Å². The average Bonchev–Trinajstić information content (AvgIpc) is 3.73. The van der Waals surface area contributed by atoms with E-state index in [0.29, 0.717) is 0 Å². The highest BCUT2D eigenvalue weighted by Gasteiger charge is 2.14. The number of hydrogen-bond donors (Lipinski definition) is 0. The molecule has 10 rings (SSSR count). The lowest BCUT2D eigenvalue weighted by Gasteiger charge is -2.11. The SMILES string of the molecule is c1ccc(-n2c3ccccc3c3cc(-c4cccc(-c5cccc(-c6cccc(-c7ccc8oc9cnccc9c8c7)c6)c5)c4)ccc32)cc1. The van der Waals surface area contributed by atoms with Crippen LogP contribution in [0, 0.1) is 0 Å². The van der Waals surface area contributed by atoms with Crippen molar-refractivity contribution >= 4 is 43.7 Å². The fraction of sp³-hybridized carbons (Fsp3) is 0. The summed E-state index contributed by atoms with van der Waals surface area (Å²) in [6.07, 6.45) is 3.60. The average molecular weight is 639 g/mol. The molecule has 0 N–H and O–H groups in total. The second-order valence-electron chi connectivity index (χ2n) is 12.8. The largest absolute Gasteiger partial charge is 0.454 e. The van der Waals surface area contributed by atoms with Crippen LogP contribution in [0.1, 0.15) is 0 Å². The molecule has 3 heteroatoms. The van der Waals surface area contributed by atoms with Gasteiger partial charge in [0.2, 0.25) is 0 Å². The van der Waals surface area contributed by atoms with E-state index in [9.17, 15) is 0 Å². The van der Waals surface area contributed by atoms with Gasteiger partial charge in [-0.2, -0.15) is 0 Å². The quantitative estimate of drug-likeness (QED) is 0.188. The van der Waals surface area contributed by atoms with Crippen molar-refractivity contribution in [2.75, 3.05) is 0 Å². The van der Waals surface area contributed by atoms with Gasteiger partial charge in [0.1, 0.15) is 5.58 Å². The Morgan fingerprint density at radius 1 is 0.360 bits per heavy atom. The van der Waals surface area contributed by atoms with E-state index in [0.717, 1.165) is 27.5 Å². The van der Waals surface area contributed by atoms with Crippen LogP contribution in [0.15, 0.2) is 187 Å². The van der Waals surface area contributed by atoms with Crippen LogP contribution in [0.5, 0.6) is 0 Å². The van der Waals surface area contributed by atoms with Crippen LogP contribution in [-0.4, -0.2) is 9.55 Å². The van der Waals surface area contributed by atoms with Gasteiger partial charge >= 0.3 is 0 Å². The highest BCUT2D eigenvalue weighted by atomic mass is 16.3. The second-order valence-corrected chi connectivity index (χ2v) is 12.8. The van der Waals surface area contributed by atoms with Crippen LogP contribution in [0.3, 0.4) is 0 Å². The van der Waals surface area contributed by atoms with Gasteiger partial charge in [-0.1, -0.05) is 103 Å². The smallest absolute Gasteiger partial charge is 0.153 e. The number of hydrogen-bond acceptors (Lipinski definition) is 2. The van der Waals surface area contributed by atoms with E-state index in [1.165, 1.54) is 66.4 Å². The number of pyridine rings is 1. The monoisotopic (exact) mass is 638 g/mol. The van der Waals surface area contributed by atoms with Gasteiger partial charge in [0, 0.05) is 33.4 Å². The minimum absolute atomic E-state index is 0.811. The molecule has 0 unspecified atom stereocenters. The van der Waals surface area contributed by atoms with E-state index >= 15 is 0 Å². The van der Waals surface area contributed by atoms with E-state index in [2.05, 4.69) is 173 Å². The summed E-state index contributed by atoms with van der Waals surface area (Å²) in [7, 11) is 0. The predicted molar refractivity (Wildman–Crippen MR) is 208 cm³/mol. The molecule has 0 bridgehead atoms. The maximum absolute atomic E-state index is 6.02. The molecule has 0 aliphatic carbocycles. The Hall–Kier alpha value is -6.71. The maximum Gasteiger partial charge on any atom is 0.153 e. The summed E-state index contributed by atoms with van der Waals surface area (Å²) in [5.74, 6) is 0. The molecule has 0 atom stereocenters. The number of aromatic nitrogens is 2.